The van der Waals surface area contributed by atoms with Gasteiger partial charge < -0.3 is 9.47 Å². The fourth-order valence-corrected chi connectivity index (χ4v) is 6.87. The number of rotatable bonds is 4. The van der Waals surface area contributed by atoms with E-state index in [0.29, 0.717) is 47.0 Å². The summed E-state index contributed by atoms with van der Waals surface area (Å²) in [4.78, 5) is 0.133. The van der Waals surface area contributed by atoms with Gasteiger partial charge in [0, 0.05) is 12.6 Å². The summed E-state index contributed by atoms with van der Waals surface area (Å²) in [6.45, 7) is 3.84. The van der Waals surface area contributed by atoms with Crippen LogP contribution in [0.25, 0.3) is 0 Å². The van der Waals surface area contributed by atoms with Crippen molar-refractivity contribution in [3.8, 4) is 11.5 Å². The smallest absolute Gasteiger partial charge is 0.262 e. The van der Waals surface area contributed by atoms with Gasteiger partial charge in [0.25, 0.3) is 10.0 Å². The fourth-order valence-electron chi connectivity index (χ4n) is 3.74. The first-order valence-electron chi connectivity index (χ1n) is 9.21. The van der Waals surface area contributed by atoms with Gasteiger partial charge in [0.15, 0.2) is 11.5 Å². The van der Waals surface area contributed by atoms with Crippen LogP contribution < -0.4 is 18.5 Å². The Labute approximate surface area is 170 Å². The second-order valence-electron chi connectivity index (χ2n) is 7.18. The number of benzene rings is 2. The van der Waals surface area contributed by atoms with Crippen molar-refractivity contribution in [2.45, 2.75) is 31.6 Å². The molecule has 29 heavy (non-hydrogen) atoms. The van der Waals surface area contributed by atoms with E-state index in [9.17, 15) is 16.8 Å². The number of hydrogen-bond acceptors (Lipinski definition) is 6. The SMILES string of the molecule is Cc1cc(N2CCCCS2(=O)=O)cc(C)c1S(=O)(=O)Nc1ccc2c(c1)OCO2. The number of nitrogens with one attached hydrogen (secondary N) is 1. The van der Waals surface area contributed by atoms with Crippen LogP contribution >= 0.6 is 0 Å². The molecule has 0 unspecified atom stereocenters. The summed E-state index contributed by atoms with van der Waals surface area (Å²) in [5.74, 6) is 1.15. The molecule has 10 heteroatoms. The first kappa shape index (κ1) is 19.8. The Morgan fingerprint density at radius 2 is 1.69 bits per heavy atom. The molecule has 0 aromatic heterocycles. The third-order valence-electron chi connectivity index (χ3n) is 4.98. The standard InChI is InChI=1S/C19H22N2O6S2/c1-13-9-16(21-7-3-4-8-28(21,22)23)10-14(2)19(13)29(24,25)20-15-5-6-17-18(11-15)27-12-26-17/h5-6,9-11,20H,3-4,7-8,12H2,1-2H3. The minimum Gasteiger partial charge on any atom is -0.454 e. The van der Waals surface area contributed by atoms with E-state index in [4.69, 9.17) is 9.47 Å². The van der Waals surface area contributed by atoms with Crippen LogP contribution in [0, 0.1) is 13.8 Å². The van der Waals surface area contributed by atoms with Gasteiger partial charge in [-0.1, -0.05) is 0 Å². The normalized spacial score (nSPS) is 17.9. The number of ether oxygens (including phenoxy) is 2. The Morgan fingerprint density at radius 3 is 2.38 bits per heavy atom. The molecule has 156 valence electrons. The van der Waals surface area contributed by atoms with Gasteiger partial charge in [-0.3, -0.25) is 9.03 Å². The molecule has 0 aliphatic carbocycles. The van der Waals surface area contributed by atoms with Crippen LogP contribution in [0.3, 0.4) is 0 Å². The molecule has 0 bridgehead atoms. The van der Waals surface area contributed by atoms with Crippen molar-refractivity contribution >= 4 is 31.4 Å². The predicted molar refractivity (Wildman–Crippen MR) is 110 cm³/mol. The van der Waals surface area contributed by atoms with Crippen LogP contribution in [-0.4, -0.2) is 35.9 Å². The summed E-state index contributed by atoms with van der Waals surface area (Å²) in [5.41, 5.74) is 1.82. The Kier molecular flexibility index (Phi) is 4.86. The van der Waals surface area contributed by atoms with Crippen molar-refractivity contribution < 1.29 is 26.3 Å². The molecule has 0 amide bonds. The van der Waals surface area contributed by atoms with Gasteiger partial charge in [-0.25, -0.2) is 16.8 Å². The van der Waals surface area contributed by atoms with E-state index in [-0.39, 0.29) is 17.4 Å². The van der Waals surface area contributed by atoms with Crippen molar-refractivity contribution in [1.29, 1.82) is 0 Å². The highest BCUT2D eigenvalue weighted by molar-refractivity contribution is 7.93. The average molecular weight is 439 g/mol. The van der Waals surface area contributed by atoms with Gasteiger partial charge in [0.2, 0.25) is 16.8 Å². The second kappa shape index (κ2) is 7.10. The first-order valence-corrected chi connectivity index (χ1v) is 12.3. The zero-order chi connectivity index (χ0) is 20.8. The van der Waals surface area contributed by atoms with E-state index in [1.165, 1.54) is 4.31 Å². The molecule has 0 radical (unpaired) electrons. The second-order valence-corrected chi connectivity index (χ2v) is 10.8. The van der Waals surface area contributed by atoms with Crippen LogP contribution in [0.15, 0.2) is 35.2 Å². The van der Waals surface area contributed by atoms with Crippen molar-refractivity contribution in [1.82, 2.24) is 0 Å². The number of anilines is 2. The minimum absolute atomic E-state index is 0.102. The quantitative estimate of drug-likeness (QED) is 0.788. The van der Waals surface area contributed by atoms with Crippen LogP contribution in [-0.2, 0) is 20.0 Å². The van der Waals surface area contributed by atoms with Gasteiger partial charge in [0.05, 0.1) is 22.0 Å². The molecule has 0 saturated carbocycles. The van der Waals surface area contributed by atoms with E-state index in [2.05, 4.69) is 4.72 Å². The Balaban J connectivity index is 1.67. The van der Waals surface area contributed by atoms with Gasteiger partial charge in [0.1, 0.15) is 0 Å². The molecule has 8 nitrogen and oxygen atoms in total. The monoisotopic (exact) mass is 438 g/mol. The molecule has 1 saturated heterocycles. The molecule has 2 aliphatic heterocycles. The summed E-state index contributed by atoms with van der Waals surface area (Å²) in [6, 6.07) is 8.04. The largest absolute Gasteiger partial charge is 0.454 e. The molecular formula is C19H22N2O6S2. The van der Waals surface area contributed by atoms with E-state index >= 15 is 0 Å². The van der Waals surface area contributed by atoms with E-state index < -0.39 is 20.0 Å². The number of nitrogens with zero attached hydrogens (tertiary/aromatic N) is 1. The van der Waals surface area contributed by atoms with Crippen LogP contribution in [0.4, 0.5) is 11.4 Å². The third kappa shape index (κ3) is 3.74. The fraction of sp³-hybridized carbons (Fsp3) is 0.368. The van der Waals surface area contributed by atoms with E-state index in [1.54, 1.807) is 44.2 Å². The highest BCUT2D eigenvalue weighted by Crippen LogP contribution is 2.36. The van der Waals surface area contributed by atoms with E-state index in [0.717, 1.165) is 6.42 Å². The van der Waals surface area contributed by atoms with Gasteiger partial charge in [-0.15, -0.1) is 0 Å². The number of sulfonamides is 2. The van der Waals surface area contributed by atoms with Crippen molar-refractivity contribution in [2.75, 3.05) is 28.1 Å². The molecule has 0 spiro atoms. The lowest BCUT2D eigenvalue weighted by molar-refractivity contribution is 0.174. The lowest BCUT2D eigenvalue weighted by atomic mass is 10.1. The molecule has 2 aromatic rings. The van der Waals surface area contributed by atoms with Crippen molar-refractivity contribution in [3.05, 3.63) is 41.5 Å². The zero-order valence-corrected chi connectivity index (χ0v) is 17.8. The lowest BCUT2D eigenvalue weighted by Gasteiger charge is -2.29. The van der Waals surface area contributed by atoms with E-state index in [1.807, 2.05) is 0 Å². The van der Waals surface area contributed by atoms with Gasteiger partial charge in [-0.2, -0.15) is 0 Å². The predicted octanol–water partition coefficient (Wildman–Crippen LogP) is 2.76. The van der Waals surface area contributed by atoms with Crippen molar-refractivity contribution in [3.63, 3.8) is 0 Å². The Hall–Kier alpha value is -2.46. The number of hydrogen-bond donors (Lipinski definition) is 1. The van der Waals surface area contributed by atoms with Gasteiger partial charge >= 0.3 is 0 Å². The minimum atomic E-state index is -3.88. The highest BCUT2D eigenvalue weighted by Gasteiger charge is 2.28. The molecular weight excluding hydrogens is 416 g/mol. The zero-order valence-electron chi connectivity index (χ0n) is 16.1. The molecule has 2 aromatic carbocycles. The highest BCUT2D eigenvalue weighted by atomic mass is 32.2. The van der Waals surface area contributed by atoms with Crippen LogP contribution in [0.1, 0.15) is 24.0 Å². The molecule has 2 heterocycles. The Morgan fingerprint density at radius 1 is 1.00 bits per heavy atom. The number of fused-ring (bicyclic) bond motifs is 1. The summed E-state index contributed by atoms with van der Waals surface area (Å²) < 4.78 is 65.3. The van der Waals surface area contributed by atoms with Gasteiger partial charge in [-0.05, 0) is 62.1 Å². The summed E-state index contributed by atoms with van der Waals surface area (Å²) in [7, 11) is -7.25. The number of aryl methyl sites for hydroxylation is 2. The van der Waals surface area contributed by atoms with Crippen LogP contribution in [0.2, 0.25) is 0 Å². The summed E-state index contributed by atoms with van der Waals surface area (Å²) in [6.07, 6.45) is 1.42. The Bertz CT molecular complexity index is 1150. The summed E-state index contributed by atoms with van der Waals surface area (Å²) >= 11 is 0. The van der Waals surface area contributed by atoms with Crippen molar-refractivity contribution in [2.24, 2.45) is 0 Å². The topological polar surface area (TPSA) is 102 Å². The maximum absolute atomic E-state index is 13.0. The maximum atomic E-state index is 13.0. The third-order valence-corrected chi connectivity index (χ3v) is 8.53. The first-order chi connectivity index (χ1) is 13.7. The molecule has 1 N–H and O–H groups in total. The summed E-state index contributed by atoms with van der Waals surface area (Å²) in [5, 5.41) is 0. The molecule has 0 atom stereocenters. The maximum Gasteiger partial charge on any atom is 0.262 e. The average Bonchev–Trinajstić information content (AvgIpc) is 3.07. The molecule has 4 rings (SSSR count). The lowest BCUT2D eigenvalue weighted by Crippen LogP contribution is -2.38. The molecule has 1 fully saturated rings. The molecule has 2 aliphatic rings. The van der Waals surface area contributed by atoms with Crippen LogP contribution in [0.5, 0.6) is 11.5 Å².